The molecule has 1 rings (SSSR count). The van der Waals surface area contributed by atoms with E-state index in [2.05, 4.69) is 5.32 Å². The standard InChI is InChI=1S/C11H19NO3S/c1-3-11(4-2,10(14)15)12-9(13)8-6-5-7-16-8/h8H,3-7H2,1-2H3,(H,12,13)(H,14,15). The highest BCUT2D eigenvalue weighted by atomic mass is 32.2. The van der Waals surface area contributed by atoms with Crippen molar-refractivity contribution >= 4 is 23.6 Å². The van der Waals surface area contributed by atoms with Gasteiger partial charge in [0.05, 0.1) is 5.25 Å². The van der Waals surface area contributed by atoms with Gasteiger partial charge in [-0.25, -0.2) is 4.79 Å². The van der Waals surface area contributed by atoms with E-state index in [-0.39, 0.29) is 11.2 Å². The van der Waals surface area contributed by atoms with Crippen molar-refractivity contribution in [1.82, 2.24) is 5.32 Å². The van der Waals surface area contributed by atoms with Crippen molar-refractivity contribution in [2.75, 3.05) is 5.75 Å². The maximum absolute atomic E-state index is 11.9. The summed E-state index contributed by atoms with van der Waals surface area (Å²) in [5.41, 5.74) is -1.08. The normalized spacial score (nSPS) is 20.8. The Balaban J connectivity index is 2.67. The van der Waals surface area contributed by atoms with Crippen molar-refractivity contribution < 1.29 is 14.7 Å². The van der Waals surface area contributed by atoms with Gasteiger partial charge in [0.1, 0.15) is 5.54 Å². The first kappa shape index (κ1) is 13.4. The summed E-state index contributed by atoms with van der Waals surface area (Å²) in [4.78, 5) is 23.1. The van der Waals surface area contributed by atoms with Crippen molar-refractivity contribution in [3.8, 4) is 0 Å². The first-order valence-corrected chi connectivity index (χ1v) is 6.77. The van der Waals surface area contributed by atoms with E-state index in [0.717, 1.165) is 18.6 Å². The highest BCUT2D eigenvalue weighted by molar-refractivity contribution is 8.00. The van der Waals surface area contributed by atoms with Crippen LogP contribution < -0.4 is 5.32 Å². The summed E-state index contributed by atoms with van der Waals surface area (Å²) in [5, 5.41) is 11.8. The molecule has 0 aliphatic carbocycles. The first-order valence-electron chi connectivity index (χ1n) is 5.72. The molecular weight excluding hydrogens is 226 g/mol. The minimum Gasteiger partial charge on any atom is -0.480 e. The zero-order chi connectivity index (χ0) is 12.2. The van der Waals surface area contributed by atoms with Gasteiger partial charge in [-0.3, -0.25) is 4.79 Å². The molecule has 0 radical (unpaired) electrons. The van der Waals surface area contributed by atoms with Gasteiger partial charge in [-0.15, -0.1) is 11.8 Å². The Morgan fingerprint density at radius 3 is 2.44 bits per heavy atom. The smallest absolute Gasteiger partial charge is 0.329 e. The minimum absolute atomic E-state index is 0.0585. The molecule has 1 amide bonds. The zero-order valence-electron chi connectivity index (χ0n) is 9.78. The van der Waals surface area contributed by atoms with E-state index in [1.807, 2.05) is 0 Å². The molecule has 0 spiro atoms. The van der Waals surface area contributed by atoms with Gasteiger partial charge >= 0.3 is 5.97 Å². The molecule has 1 aliphatic rings. The number of hydrogen-bond acceptors (Lipinski definition) is 3. The Kier molecular flexibility index (Phi) is 4.65. The lowest BCUT2D eigenvalue weighted by atomic mass is 9.92. The molecule has 1 fully saturated rings. The van der Waals surface area contributed by atoms with E-state index >= 15 is 0 Å². The third-order valence-electron chi connectivity index (χ3n) is 3.20. The zero-order valence-corrected chi connectivity index (χ0v) is 10.6. The van der Waals surface area contributed by atoms with Gasteiger partial charge in [0, 0.05) is 0 Å². The number of carboxylic acids is 1. The molecule has 0 aromatic heterocycles. The van der Waals surface area contributed by atoms with Crippen molar-refractivity contribution in [2.24, 2.45) is 0 Å². The average molecular weight is 245 g/mol. The highest BCUT2D eigenvalue weighted by Crippen LogP contribution is 2.27. The third kappa shape index (κ3) is 2.70. The lowest BCUT2D eigenvalue weighted by Gasteiger charge is -2.29. The number of nitrogens with one attached hydrogen (secondary N) is 1. The Morgan fingerprint density at radius 1 is 1.44 bits per heavy atom. The molecule has 92 valence electrons. The highest BCUT2D eigenvalue weighted by Gasteiger charge is 2.38. The summed E-state index contributed by atoms with van der Waals surface area (Å²) in [5.74, 6) is -0.0569. The second-order valence-corrected chi connectivity index (χ2v) is 5.40. The quantitative estimate of drug-likeness (QED) is 0.772. The third-order valence-corrected chi connectivity index (χ3v) is 4.58. The number of thioether (sulfide) groups is 1. The van der Waals surface area contributed by atoms with E-state index in [1.165, 1.54) is 0 Å². The van der Waals surface area contributed by atoms with Gasteiger partial charge in [0.15, 0.2) is 0 Å². The van der Waals surface area contributed by atoms with Crippen LogP contribution in [0.3, 0.4) is 0 Å². The van der Waals surface area contributed by atoms with Gasteiger partial charge in [0.25, 0.3) is 0 Å². The second-order valence-electron chi connectivity index (χ2n) is 4.09. The Hall–Kier alpha value is -0.710. The van der Waals surface area contributed by atoms with Gasteiger partial charge in [-0.2, -0.15) is 0 Å². The summed E-state index contributed by atoms with van der Waals surface area (Å²) in [6.07, 6.45) is 2.74. The number of carboxylic acid groups (broad SMARTS) is 1. The van der Waals surface area contributed by atoms with Gasteiger partial charge < -0.3 is 10.4 Å². The Labute approximate surface area is 100 Å². The summed E-state index contributed by atoms with van der Waals surface area (Å²) < 4.78 is 0. The SMILES string of the molecule is CCC(CC)(NC(=O)C1CCCS1)C(=O)O. The van der Waals surface area contributed by atoms with Gasteiger partial charge in [-0.05, 0) is 31.4 Å². The van der Waals surface area contributed by atoms with Crippen LogP contribution in [0.2, 0.25) is 0 Å². The van der Waals surface area contributed by atoms with Crippen LogP contribution in [0.25, 0.3) is 0 Å². The summed E-state index contributed by atoms with van der Waals surface area (Å²) in [6.45, 7) is 3.58. The fraction of sp³-hybridized carbons (Fsp3) is 0.818. The molecule has 16 heavy (non-hydrogen) atoms. The van der Waals surface area contributed by atoms with Crippen LogP contribution in [0.5, 0.6) is 0 Å². The summed E-state index contributed by atoms with van der Waals surface area (Å²) in [6, 6.07) is 0. The maximum Gasteiger partial charge on any atom is 0.329 e. The number of rotatable bonds is 5. The molecule has 1 unspecified atom stereocenters. The maximum atomic E-state index is 11.9. The summed E-state index contributed by atoms with van der Waals surface area (Å²) >= 11 is 1.62. The van der Waals surface area contributed by atoms with E-state index in [9.17, 15) is 14.7 Å². The van der Waals surface area contributed by atoms with Gasteiger partial charge in [-0.1, -0.05) is 13.8 Å². The number of aliphatic carboxylic acids is 1. The monoisotopic (exact) mass is 245 g/mol. The molecule has 0 aromatic carbocycles. The van der Waals surface area contributed by atoms with E-state index in [1.54, 1.807) is 25.6 Å². The predicted octanol–water partition coefficient (Wildman–Crippen LogP) is 1.64. The largest absolute Gasteiger partial charge is 0.480 e. The number of hydrogen-bond donors (Lipinski definition) is 2. The van der Waals surface area contributed by atoms with Crippen molar-refractivity contribution in [3.63, 3.8) is 0 Å². The van der Waals surface area contributed by atoms with Gasteiger partial charge in [0.2, 0.25) is 5.91 Å². The van der Waals surface area contributed by atoms with Crippen LogP contribution in [0.1, 0.15) is 39.5 Å². The van der Waals surface area contributed by atoms with Crippen molar-refractivity contribution in [1.29, 1.82) is 0 Å². The van der Waals surface area contributed by atoms with Crippen LogP contribution >= 0.6 is 11.8 Å². The number of amides is 1. The lowest BCUT2D eigenvalue weighted by Crippen LogP contribution is -2.55. The number of carbonyl (C=O) groups is 2. The van der Waals surface area contributed by atoms with E-state index < -0.39 is 11.5 Å². The Bertz CT molecular complexity index is 270. The Morgan fingerprint density at radius 2 is 2.06 bits per heavy atom. The molecule has 1 saturated heterocycles. The fourth-order valence-corrected chi connectivity index (χ4v) is 3.04. The second kappa shape index (κ2) is 5.57. The topological polar surface area (TPSA) is 66.4 Å². The molecular formula is C11H19NO3S. The molecule has 1 heterocycles. The van der Waals surface area contributed by atoms with E-state index in [0.29, 0.717) is 12.8 Å². The molecule has 0 aromatic rings. The average Bonchev–Trinajstić information content (AvgIpc) is 2.78. The van der Waals surface area contributed by atoms with Crippen molar-refractivity contribution in [2.45, 2.75) is 50.3 Å². The molecule has 1 atom stereocenters. The van der Waals surface area contributed by atoms with Crippen LogP contribution in [0.4, 0.5) is 0 Å². The predicted molar refractivity (Wildman–Crippen MR) is 64.6 cm³/mol. The molecule has 4 nitrogen and oxygen atoms in total. The van der Waals surface area contributed by atoms with Crippen LogP contribution in [0, 0.1) is 0 Å². The fourth-order valence-electron chi connectivity index (χ4n) is 1.88. The molecule has 1 aliphatic heterocycles. The van der Waals surface area contributed by atoms with Crippen molar-refractivity contribution in [3.05, 3.63) is 0 Å². The molecule has 0 saturated carbocycles. The summed E-state index contributed by atoms with van der Waals surface area (Å²) in [7, 11) is 0. The van der Waals surface area contributed by atoms with Crippen LogP contribution in [-0.2, 0) is 9.59 Å². The minimum atomic E-state index is -1.08. The molecule has 2 N–H and O–H groups in total. The molecule has 5 heteroatoms. The van der Waals surface area contributed by atoms with Crippen LogP contribution in [0.15, 0.2) is 0 Å². The first-order chi connectivity index (χ1) is 7.55. The lowest BCUT2D eigenvalue weighted by molar-refractivity contribution is -0.148. The molecule has 0 bridgehead atoms. The number of carbonyl (C=O) groups excluding carboxylic acids is 1. The van der Waals surface area contributed by atoms with E-state index in [4.69, 9.17) is 0 Å². The van der Waals surface area contributed by atoms with Crippen LogP contribution in [-0.4, -0.2) is 33.5 Å².